The first-order chi connectivity index (χ1) is 12.3. The molecule has 4 rings (SSSR count). The van der Waals surface area contributed by atoms with E-state index in [1.54, 1.807) is 6.20 Å². The Kier molecular flexibility index (Phi) is 4.20. The summed E-state index contributed by atoms with van der Waals surface area (Å²) in [5.74, 6) is 3.14. The second-order valence-electron chi connectivity index (χ2n) is 5.88. The molecule has 0 aliphatic carbocycles. The highest BCUT2D eigenvalue weighted by atomic mass is 16.6. The van der Waals surface area contributed by atoms with Crippen molar-refractivity contribution in [2.24, 2.45) is 7.05 Å². The summed E-state index contributed by atoms with van der Waals surface area (Å²) in [7, 11) is 1.93. The van der Waals surface area contributed by atoms with Crippen LogP contribution in [0.1, 0.15) is 6.42 Å². The maximum atomic E-state index is 5.94. The number of ether oxygens (including phenoxy) is 2. The number of nitrogens with zero attached hydrogens (tertiary/aromatic N) is 4. The van der Waals surface area contributed by atoms with Gasteiger partial charge >= 0.3 is 0 Å². The lowest BCUT2D eigenvalue weighted by Crippen LogP contribution is -2.31. The minimum atomic E-state index is 0.0298. The average Bonchev–Trinajstić information content (AvgIpc) is 3.08. The second-order valence-corrected chi connectivity index (χ2v) is 5.88. The first-order valence-corrected chi connectivity index (χ1v) is 8.23. The van der Waals surface area contributed by atoms with Crippen molar-refractivity contribution in [2.75, 3.05) is 18.5 Å². The van der Waals surface area contributed by atoms with Crippen LogP contribution in [0.5, 0.6) is 11.5 Å². The Hall–Kier alpha value is -3.09. The van der Waals surface area contributed by atoms with Crippen LogP contribution in [0.25, 0.3) is 11.5 Å². The second kappa shape index (κ2) is 6.80. The average molecular weight is 337 g/mol. The summed E-state index contributed by atoms with van der Waals surface area (Å²) < 4.78 is 13.6. The molecule has 128 valence electrons. The van der Waals surface area contributed by atoms with Gasteiger partial charge in [-0.1, -0.05) is 12.1 Å². The SMILES string of the molecule is Cn1ccnc1-c1ccc(NCCC2COc3ccccc3O2)nn1. The predicted octanol–water partition coefficient (Wildman–Crippen LogP) is 2.52. The van der Waals surface area contributed by atoms with Gasteiger partial charge in [0, 0.05) is 32.4 Å². The molecule has 0 radical (unpaired) electrons. The molecule has 1 atom stereocenters. The van der Waals surface area contributed by atoms with E-state index in [9.17, 15) is 0 Å². The molecule has 0 fully saturated rings. The molecule has 3 aromatic rings. The van der Waals surface area contributed by atoms with Crippen molar-refractivity contribution < 1.29 is 9.47 Å². The van der Waals surface area contributed by atoms with Gasteiger partial charge in [0.15, 0.2) is 17.3 Å². The minimum absolute atomic E-state index is 0.0298. The Labute approximate surface area is 145 Å². The van der Waals surface area contributed by atoms with E-state index in [4.69, 9.17) is 9.47 Å². The van der Waals surface area contributed by atoms with Gasteiger partial charge in [0.2, 0.25) is 0 Å². The van der Waals surface area contributed by atoms with E-state index < -0.39 is 0 Å². The Morgan fingerprint density at radius 1 is 1.16 bits per heavy atom. The molecular formula is C18H19N5O2. The lowest BCUT2D eigenvalue weighted by Gasteiger charge is -2.26. The number of hydrogen-bond acceptors (Lipinski definition) is 6. The highest BCUT2D eigenvalue weighted by molar-refractivity contribution is 5.51. The van der Waals surface area contributed by atoms with E-state index >= 15 is 0 Å². The van der Waals surface area contributed by atoms with E-state index in [1.165, 1.54) is 0 Å². The number of aryl methyl sites for hydroxylation is 1. The number of anilines is 1. The maximum Gasteiger partial charge on any atom is 0.161 e. The maximum absolute atomic E-state index is 5.94. The Morgan fingerprint density at radius 3 is 2.80 bits per heavy atom. The van der Waals surface area contributed by atoms with Crippen LogP contribution >= 0.6 is 0 Å². The van der Waals surface area contributed by atoms with E-state index in [-0.39, 0.29) is 6.10 Å². The molecule has 1 N–H and O–H groups in total. The van der Waals surface area contributed by atoms with Crippen molar-refractivity contribution in [1.29, 1.82) is 0 Å². The van der Waals surface area contributed by atoms with E-state index in [0.29, 0.717) is 6.61 Å². The molecule has 1 aliphatic rings. The Balaban J connectivity index is 1.30. The summed E-state index contributed by atoms with van der Waals surface area (Å²) in [6.07, 6.45) is 4.47. The summed E-state index contributed by atoms with van der Waals surface area (Å²) in [4.78, 5) is 4.27. The standard InChI is InChI=1S/C18H19N5O2/c1-23-11-10-20-18(23)14-6-7-17(22-21-14)19-9-8-13-12-24-15-4-2-3-5-16(15)25-13/h2-7,10-11,13H,8-9,12H2,1H3,(H,19,22). The fourth-order valence-electron chi connectivity index (χ4n) is 2.72. The van der Waals surface area contributed by atoms with Gasteiger partial charge in [-0.15, -0.1) is 10.2 Å². The Morgan fingerprint density at radius 2 is 2.04 bits per heavy atom. The van der Waals surface area contributed by atoms with Crippen molar-refractivity contribution in [3.05, 3.63) is 48.8 Å². The molecule has 0 saturated carbocycles. The quantitative estimate of drug-likeness (QED) is 0.771. The predicted molar refractivity (Wildman–Crippen MR) is 93.7 cm³/mol. The third-order valence-corrected chi connectivity index (χ3v) is 4.05. The number of rotatable bonds is 5. The smallest absolute Gasteiger partial charge is 0.161 e. The van der Waals surface area contributed by atoms with Crippen molar-refractivity contribution in [3.8, 4) is 23.0 Å². The van der Waals surface area contributed by atoms with Crippen LogP contribution in [0, 0.1) is 0 Å². The van der Waals surface area contributed by atoms with E-state index in [2.05, 4.69) is 20.5 Å². The number of imidazole rings is 1. The zero-order valence-electron chi connectivity index (χ0n) is 13.9. The van der Waals surface area contributed by atoms with Crippen LogP contribution in [0.3, 0.4) is 0 Å². The molecule has 7 heteroatoms. The molecule has 0 saturated heterocycles. The number of benzene rings is 1. The van der Waals surface area contributed by atoms with Gasteiger partial charge in [0.05, 0.1) is 0 Å². The fourth-order valence-corrected chi connectivity index (χ4v) is 2.72. The lowest BCUT2D eigenvalue weighted by molar-refractivity contribution is 0.0873. The summed E-state index contributed by atoms with van der Waals surface area (Å²) in [5, 5.41) is 11.7. The summed E-state index contributed by atoms with van der Waals surface area (Å²) in [6.45, 7) is 1.29. The monoisotopic (exact) mass is 337 g/mol. The van der Waals surface area contributed by atoms with Crippen LogP contribution < -0.4 is 14.8 Å². The van der Waals surface area contributed by atoms with Crippen molar-refractivity contribution in [3.63, 3.8) is 0 Å². The first-order valence-electron chi connectivity index (χ1n) is 8.23. The van der Waals surface area contributed by atoms with Crippen LogP contribution in [0.2, 0.25) is 0 Å². The number of nitrogens with one attached hydrogen (secondary N) is 1. The number of para-hydroxylation sites is 2. The Bertz CT molecular complexity index is 847. The minimum Gasteiger partial charge on any atom is -0.486 e. The van der Waals surface area contributed by atoms with Gasteiger partial charge in [-0.3, -0.25) is 0 Å². The molecule has 1 aliphatic heterocycles. The molecule has 25 heavy (non-hydrogen) atoms. The number of hydrogen-bond donors (Lipinski definition) is 1. The lowest BCUT2D eigenvalue weighted by atomic mass is 10.2. The summed E-state index contributed by atoms with van der Waals surface area (Å²) in [5.41, 5.74) is 0.749. The molecule has 0 spiro atoms. The molecule has 0 bridgehead atoms. The van der Waals surface area contributed by atoms with Crippen LogP contribution in [0.15, 0.2) is 48.8 Å². The first kappa shape index (κ1) is 15.4. The summed E-state index contributed by atoms with van der Waals surface area (Å²) >= 11 is 0. The van der Waals surface area contributed by atoms with Gasteiger partial charge in [-0.25, -0.2) is 4.98 Å². The van der Waals surface area contributed by atoms with Gasteiger partial charge in [-0.2, -0.15) is 0 Å². The topological polar surface area (TPSA) is 74.1 Å². The van der Waals surface area contributed by atoms with Crippen LogP contribution in [-0.2, 0) is 7.05 Å². The highest BCUT2D eigenvalue weighted by Crippen LogP contribution is 2.31. The van der Waals surface area contributed by atoms with Gasteiger partial charge < -0.3 is 19.4 Å². The van der Waals surface area contributed by atoms with E-state index in [0.717, 1.165) is 41.8 Å². The number of fused-ring (bicyclic) bond motifs is 1. The highest BCUT2D eigenvalue weighted by Gasteiger charge is 2.20. The molecule has 1 unspecified atom stereocenters. The largest absolute Gasteiger partial charge is 0.486 e. The summed E-state index contributed by atoms with van der Waals surface area (Å²) in [6, 6.07) is 11.6. The zero-order chi connectivity index (χ0) is 17.1. The number of aromatic nitrogens is 4. The van der Waals surface area contributed by atoms with Crippen molar-refractivity contribution >= 4 is 5.82 Å². The van der Waals surface area contributed by atoms with Crippen LogP contribution in [-0.4, -0.2) is 39.0 Å². The zero-order valence-corrected chi connectivity index (χ0v) is 13.9. The molecule has 1 aromatic carbocycles. The van der Waals surface area contributed by atoms with E-state index in [1.807, 2.05) is 54.2 Å². The molecule has 2 aromatic heterocycles. The van der Waals surface area contributed by atoms with Crippen molar-refractivity contribution in [2.45, 2.75) is 12.5 Å². The van der Waals surface area contributed by atoms with Crippen molar-refractivity contribution in [1.82, 2.24) is 19.7 Å². The molecule has 0 amide bonds. The molecular weight excluding hydrogens is 318 g/mol. The third-order valence-electron chi connectivity index (χ3n) is 4.05. The van der Waals surface area contributed by atoms with Gasteiger partial charge in [0.25, 0.3) is 0 Å². The van der Waals surface area contributed by atoms with Gasteiger partial charge in [-0.05, 0) is 24.3 Å². The normalized spacial score (nSPS) is 15.8. The molecule has 7 nitrogen and oxygen atoms in total. The third kappa shape index (κ3) is 3.40. The van der Waals surface area contributed by atoms with Crippen LogP contribution in [0.4, 0.5) is 5.82 Å². The van der Waals surface area contributed by atoms with Gasteiger partial charge in [0.1, 0.15) is 24.2 Å². The molecule has 3 heterocycles. The fraction of sp³-hybridized carbons (Fsp3) is 0.278.